The lowest BCUT2D eigenvalue weighted by atomic mass is 9.87. The van der Waals surface area contributed by atoms with E-state index in [1.807, 2.05) is 12.1 Å². The number of nitrogens with zero attached hydrogens (tertiary/aromatic N) is 1. The molecule has 1 amide bonds. The maximum Gasteiger partial charge on any atom is 0.255 e. The van der Waals surface area contributed by atoms with Gasteiger partial charge in [-0.2, -0.15) is 0 Å². The van der Waals surface area contributed by atoms with Crippen molar-refractivity contribution < 1.29 is 18.7 Å². The number of nitrogens with one attached hydrogen (secondary N) is 1. The minimum absolute atomic E-state index is 0.0842. The molecule has 0 aliphatic carbocycles. The monoisotopic (exact) mass is 430 g/mol. The molecule has 1 aromatic heterocycles. The first-order valence-electron chi connectivity index (χ1n) is 10.3. The van der Waals surface area contributed by atoms with E-state index < -0.39 is 0 Å². The molecule has 0 unspecified atom stereocenters. The van der Waals surface area contributed by atoms with Gasteiger partial charge >= 0.3 is 0 Å². The Bertz CT molecular complexity index is 1270. The zero-order chi connectivity index (χ0) is 22.9. The van der Waals surface area contributed by atoms with Gasteiger partial charge in [0.1, 0.15) is 5.52 Å². The number of ether oxygens (including phenoxy) is 2. The van der Waals surface area contributed by atoms with Gasteiger partial charge in [0.15, 0.2) is 17.1 Å². The summed E-state index contributed by atoms with van der Waals surface area (Å²) in [6, 6.07) is 18.6. The van der Waals surface area contributed by atoms with E-state index in [4.69, 9.17) is 13.9 Å². The van der Waals surface area contributed by atoms with Gasteiger partial charge in [-0.25, -0.2) is 4.98 Å². The van der Waals surface area contributed by atoms with Gasteiger partial charge in [-0.1, -0.05) is 32.9 Å². The normalized spacial score (nSPS) is 11.4. The van der Waals surface area contributed by atoms with Gasteiger partial charge in [0, 0.05) is 16.8 Å². The molecular weight excluding hydrogens is 404 g/mol. The zero-order valence-corrected chi connectivity index (χ0v) is 18.9. The molecule has 0 atom stereocenters. The number of carbonyl (C=O) groups excluding carboxylic acids is 1. The van der Waals surface area contributed by atoms with Gasteiger partial charge in [-0.3, -0.25) is 4.79 Å². The average molecular weight is 431 g/mol. The van der Waals surface area contributed by atoms with E-state index in [0.717, 1.165) is 5.56 Å². The molecule has 0 saturated carbocycles. The highest BCUT2D eigenvalue weighted by atomic mass is 16.5. The van der Waals surface area contributed by atoms with Crippen LogP contribution in [-0.4, -0.2) is 25.1 Å². The molecule has 1 N–H and O–H groups in total. The van der Waals surface area contributed by atoms with Gasteiger partial charge in [0.2, 0.25) is 5.89 Å². The number of carbonyl (C=O) groups is 1. The van der Waals surface area contributed by atoms with Crippen LogP contribution < -0.4 is 14.8 Å². The fourth-order valence-electron chi connectivity index (χ4n) is 3.42. The number of methoxy groups -OCH3 is 2. The van der Waals surface area contributed by atoms with Crippen molar-refractivity contribution in [3.8, 4) is 23.0 Å². The van der Waals surface area contributed by atoms with Crippen molar-refractivity contribution in [1.29, 1.82) is 0 Å². The number of hydrogen-bond acceptors (Lipinski definition) is 5. The van der Waals surface area contributed by atoms with E-state index in [1.54, 1.807) is 43.5 Å². The Morgan fingerprint density at radius 3 is 2.28 bits per heavy atom. The summed E-state index contributed by atoms with van der Waals surface area (Å²) in [6.07, 6.45) is 0. The maximum atomic E-state index is 12.7. The van der Waals surface area contributed by atoms with Crippen LogP contribution in [0, 0.1) is 0 Å². The largest absolute Gasteiger partial charge is 0.493 e. The van der Waals surface area contributed by atoms with Crippen molar-refractivity contribution in [3.05, 3.63) is 71.8 Å². The third-order valence-electron chi connectivity index (χ3n) is 5.29. The summed E-state index contributed by atoms with van der Waals surface area (Å²) in [7, 11) is 3.09. The number of rotatable bonds is 5. The van der Waals surface area contributed by atoms with Gasteiger partial charge < -0.3 is 19.2 Å². The minimum atomic E-state index is -0.258. The molecule has 6 nitrogen and oxygen atoms in total. The Balaban J connectivity index is 1.56. The Kier molecular flexibility index (Phi) is 5.61. The standard InChI is InChI=1S/C26H26N2O4/c1-26(2,3)18-9-6-16(7-10-18)25-28-20-15-19(11-13-21(20)32-25)27-24(29)17-8-12-22(30-4)23(14-17)31-5/h6-15H,1-5H3,(H,27,29). The summed E-state index contributed by atoms with van der Waals surface area (Å²) in [5.74, 6) is 1.35. The van der Waals surface area contributed by atoms with E-state index >= 15 is 0 Å². The molecule has 4 rings (SSSR count). The number of hydrogen-bond donors (Lipinski definition) is 1. The third-order valence-corrected chi connectivity index (χ3v) is 5.29. The highest BCUT2D eigenvalue weighted by molar-refractivity contribution is 6.05. The van der Waals surface area contributed by atoms with Crippen LogP contribution in [0.3, 0.4) is 0 Å². The van der Waals surface area contributed by atoms with E-state index in [0.29, 0.717) is 39.7 Å². The van der Waals surface area contributed by atoms with Crippen LogP contribution in [0.5, 0.6) is 11.5 Å². The van der Waals surface area contributed by atoms with E-state index in [1.165, 1.54) is 12.7 Å². The molecule has 1 heterocycles. The predicted molar refractivity (Wildman–Crippen MR) is 126 cm³/mol. The molecule has 0 aliphatic heterocycles. The van der Waals surface area contributed by atoms with Crippen molar-refractivity contribution in [1.82, 2.24) is 4.98 Å². The predicted octanol–water partition coefficient (Wildman–Crippen LogP) is 6.06. The molecule has 0 saturated heterocycles. The second-order valence-electron chi connectivity index (χ2n) is 8.55. The molecular formula is C26H26N2O4. The smallest absolute Gasteiger partial charge is 0.255 e. The summed E-state index contributed by atoms with van der Waals surface area (Å²) in [5, 5.41) is 2.90. The number of anilines is 1. The van der Waals surface area contributed by atoms with Crippen molar-refractivity contribution in [3.63, 3.8) is 0 Å². The molecule has 32 heavy (non-hydrogen) atoms. The highest BCUT2D eigenvalue weighted by Crippen LogP contribution is 2.30. The SMILES string of the molecule is COc1ccc(C(=O)Nc2ccc3oc(-c4ccc(C(C)(C)C)cc4)nc3c2)cc1OC. The quantitative estimate of drug-likeness (QED) is 0.416. The number of fused-ring (bicyclic) bond motifs is 1. The topological polar surface area (TPSA) is 73.6 Å². The molecule has 0 aliphatic rings. The summed E-state index contributed by atoms with van der Waals surface area (Å²) in [6.45, 7) is 6.54. The van der Waals surface area contributed by atoms with Crippen molar-refractivity contribution in [2.24, 2.45) is 0 Å². The fourth-order valence-corrected chi connectivity index (χ4v) is 3.42. The Morgan fingerprint density at radius 2 is 1.62 bits per heavy atom. The summed E-state index contributed by atoms with van der Waals surface area (Å²) in [5.41, 5.74) is 4.65. The molecule has 4 aromatic rings. The maximum absolute atomic E-state index is 12.7. The molecule has 0 bridgehead atoms. The van der Waals surface area contributed by atoms with Crippen molar-refractivity contribution in [2.75, 3.05) is 19.5 Å². The first kappa shape index (κ1) is 21.4. The molecule has 0 fully saturated rings. The molecule has 3 aromatic carbocycles. The van der Waals surface area contributed by atoms with Gasteiger partial charge in [0.25, 0.3) is 5.91 Å². The lowest BCUT2D eigenvalue weighted by Crippen LogP contribution is -2.12. The van der Waals surface area contributed by atoms with Crippen LogP contribution in [0.1, 0.15) is 36.7 Å². The van der Waals surface area contributed by atoms with Gasteiger partial charge in [-0.15, -0.1) is 0 Å². The highest BCUT2D eigenvalue weighted by Gasteiger charge is 2.16. The van der Waals surface area contributed by atoms with E-state index in [9.17, 15) is 4.79 Å². The first-order valence-corrected chi connectivity index (χ1v) is 10.3. The number of aromatic nitrogens is 1. The first-order chi connectivity index (χ1) is 15.3. The lowest BCUT2D eigenvalue weighted by molar-refractivity contribution is 0.102. The molecule has 0 radical (unpaired) electrons. The van der Waals surface area contributed by atoms with Crippen LogP contribution in [0.2, 0.25) is 0 Å². The fraction of sp³-hybridized carbons (Fsp3) is 0.231. The van der Waals surface area contributed by atoms with Crippen molar-refractivity contribution in [2.45, 2.75) is 26.2 Å². The van der Waals surface area contributed by atoms with E-state index in [2.05, 4.69) is 43.2 Å². The second-order valence-corrected chi connectivity index (χ2v) is 8.55. The Hall–Kier alpha value is -3.80. The van der Waals surface area contributed by atoms with Crippen LogP contribution in [-0.2, 0) is 5.41 Å². The number of amides is 1. The minimum Gasteiger partial charge on any atom is -0.493 e. The lowest BCUT2D eigenvalue weighted by Gasteiger charge is -2.18. The second kappa shape index (κ2) is 8.38. The van der Waals surface area contributed by atoms with Crippen molar-refractivity contribution >= 4 is 22.7 Å². The summed E-state index contributed by atoms with van der Waals surface area (Å²) in [4.78, 5) is 17.3. The summed E-state index contributed by atoms with van der Waals surface area (Å²) < 4.78 is 16.4. The van der Waals surface area contributed by atoms with Gasteiger partial charge in [0.05, 0.1) is 14.2 Å². The van der Waals surface area contributed by atoms with Crippen LogP contribution in [0.15, 0.2) is 65.1 Å². The van der Waals surface area contributed by atoms with Crippen LogP contribution in [0.4, 0.5) is 5.69 Å². The molecule has 6 heteroatoms. The Labute approximate surface area is 187 Å². The van der Waals surface area contributed by atoms with Gasteiger partial charge in [-0.05, 0) is 59.5 Å². The van der Waals surface area contributed by atoms with E-state index in [-0.39, 0.29) is 11.3 Å². The Morgan fingerprint density at radius 1 is 0.906 bits per heavy atom. The molecule has 164 valence electrons. The van der Waals surface area contributed by atoms with Crippen LogP contribution in [0.25, 0.3) is 22.6 Å². The average Bonchev–Trinajstić information content (AvgIpc) is 3.21. The molecule has 0 spiro atoms. The zero-order valence-electron chi connectivity index (χ0n) is 18.9. The third kappa shape index (κ3) is 4.30. The number of benzene rings is 3. The summed E-state index contributed by atoms with van der Waals surface area (Å²) >= 11 is 0. The van der Waals surface area contributed by atoms with Crippen LogP contribution >= 0.6 is 0 Å². The number of oxazole rings is 1.